The van der Waals surface area contributed by atoms with Crippen molar-refractivity contribution in [1.29, 1.82) is 0 Å². The topological polar surface area (TPSA) is 24.9 Å². The van der Waals surface area contributed by atoms with Crippen molar-refractivity contribution in [3.8, 4) is 10.6 Å². The zero-order valence-corrected chi connectivity index (χ0v) is 12.4. The fraction of sp³-hybridized carbons (Fsp3) is 0.400. The summed E-state index contributed by atoms with van der Waals surface area (Å²) in [5.41, 5.74) is 1.69. The molecule has 0 bridgehead atoms. The Morgan fingerprint density at radius 2 is 2.05 bits per heavy atom. The Balaban J connectivity index is 2.39. The van der Waals surface area contributed by atoms with Crippen LogP contribution in [0.1, 0.15) is 24.4 Å². The summed E-state index contributed by atoms with van der Waals surface area (Å²) >= 11 is 1.58. The number of thiazole rings is 1. The Morgan fingerprint density at radius 3 is 2.68 bits per heavy atom. The van der Waals surface area contributed by atoms with Crippen molar-refractivity contribution in [2.45, 2.75) is 26.8 Å². The van der Waals surface area contributed by atoms with Crippen molar-refractivity contribution in [1.82, 2.24) is 10.3 Å². The van der Waals surface area contributed by atoms with E-state index in [1.165, 1.54) is 10.9 Å². The van der Waals surface area contributed by atoms with E-state index in [9.17, 15) is 4.39 Å². The SMILES string of the molecule is CNCc1sc(-c2ccccc2F)nc1CC(C)C. The van der Waals surface area contributed by atoms with Crippen LogP contribution in [0.25, 0.3) is 10.6 Å². The van der Waals surface area contributed by atoms with E-state index >= 15 is 0 Å². The lowest BCUT2D eigenvalue weighted by atomic mass is 10.1. The van der Waals surface area contributed by atoms with Gasteiger partial charge in [0.25, 0.3) is 0 Å². The second kappa shape index (κ2) is 6.26. The third-order valence-corrected chi connectivity index (χ3v) is 3.95. The van der Waals surface area contributed by atoms with Crippen molar-refractivity contribution in [3.63, 3.8) is 0 Å². The molecule has 2 aromatic rings. The van der Waals surface area contributed by atoms with Crippen molar-refractivity contribution in [2.24, 2.45) is 5.92 Å². The number of aromatic nitrogens is 1. The first-order valence-corrected chi connectivity index (χ1v) is 7.31. The highest BCUT2D eigenvalue weighted by atomic mass is 32.1. The molecule has 1 aromatic carbocycles. The molecular weight excluding hydrogens is 259 g/mol. The number of hydrogen-bond donors (Lipinski definition) is 1. The van der Waals surface area contributed by atoms with Gasteiger partial charge in [0.2, 0.25) is 0 Å². The van der Waals surface area contributed by atoms with Gasteiger partial charge in [0.1, 0.15) is 10.8 Å². The van der Waals surface area contributed by atoms with Gasteiger partial charge >= 0.3 is 0 Å². The molecule has 4 heteroatoms. The number of hydrogen-bond acceptors (Lipinski definition) is 3. The lowest BCUT2D eigenvalue weighted by Gasteiger charge is -2.03. The third kappa shape index (κ3) is 3.39. The number of benzene rings is 1. The van der Waals surface area contributed by atoms with Gasteiger partial charge in [-0.2, -0.15) is 0 Å². The molecule has 1 aromatic heterocycles. The van der Waals surface area contributed by atoms with Crippen LogP contribution >= 0.6 is 11.3 Å². The fourth-order valence-corrected chi connectivity index (χ4v) is 3.11. The van der Waals surface area contributed by atoms with E-state index in [1.807, 2.05) is 13.1 Å². The molecule has 0 amide bonds. The van der Waals surface area contributed by atoms with Crippen LogP contribution in [0.3, 0.4) is 0 Å². The van der Waals surface area contributed by atoms with Crippen LogP contribution in [0.4, 0.5) is 4.39 Å². The number of rotatable bonds is 5. The largest absolute Gasteiger partial charge is 0.315 e. The van der Waals surface area contributed by atoms with Gasteiger partial charge in [0, 0.05) is 17.0 Å². The first-order chi connectivity index (χ1) is 9.11. The van der Waals surface area contributed by atoms with Crippen LogP contribution in [0.15, 0.2) is 24.3 Å². The monoisotopic (exact) mass is 278 g/mol. The molecule has 0 saturated heterocycles. The van der Waals surface area contributed by atoms with E-state index in [4.69, 9.17) is 0 Å². The normalized spacial score (nSPS) is 11.2. The van der Waals surface area contributed by atoms with Crippen LogP contribution in [-0.4, -0.2) is 12.0 Å². The Hall–Kier alpha value is -1.26. The van der Waals surface area contributed by atoms with Crippen molar-refractivity contribution in [2.75, 3.05) is 7.05 Å². The highest BCUT2D eigenvalue weighted by Gasteiger charge is 2.15. The summed E-state index contributed by atoms with van der Waals surface area (Å²) < 4.78 is 13.8. The lowest BCUT2D eigenvalue weighted by molar-refractivity contribution is 0.627. The van der Waals surface area contributed by atoms with Gasteiger partial charge in [-0.15, -0.1) is 11.3 Å². The van der Waals surface area contributed by atoms with Gasteiger partial charge in [-0.05, 0) is 31.5 Å². The molecule has 0 aliphatic heterocycles. The maximum Gasteiger partial charge on any atom is 0.133 e. The van der Waals surface area contributed by atoms with Crippen LogP contribution in [0.5, 0.6) is 0 Å². The molecule has 0 atom stereocenters. The average molecular weight is 278 g/mol. The predicted molar refractivity (Wildman–Crippen MR) is 78.8 cm³/mol. The highest BCUT2D eigenvalue weighted by molar-refractivity contribution is 7.15. The summed E-state index contributed by atoms with van der Waals surface area (Å²) in [6, 6.07) is 6.82. The summed E-state index contributed by atoms with van der Waals surface area (Å²) in [4.78, 5) is 5.84. The summed E-state index contributed by atoms with van der Waals surface area (Å²) in [6.45, 7) is 5.13. The molecule has 0 spiro atoms. The first kappa shape index (κ1) is 14.2. The van der Waals surface area contributed by atoms with E-state index < -0.39 is 0 Å². The Bertz CT molecular complexity index is 549. The molecule has 2 nitrogen and oxygen atoms in total. The lowest BCUT2D eigenvalue weighted by Crippen LogP contribution is -2.07. The summed E-state index contributed by atoms with van der Waals surface area (Å²) in [7, 11) is 1.92. The van der Waals surface area contributed by atoms with Crippen LogP contribution in [0, 0.1) is 11.7 Å². The molecule has 0 unspecified atom stereocenters. The van der Waals surface area contributed by atoms with Gasteiger partial charge in [-0.3, -0.25) is 0 Å². The van der Waals surface area contributed by atoms with Gasteiger partial charge < -0.3 is 5.32 Å². The smallest absolute Gasteiger partial charge is 0.133 e. The number of halogens is 1. The van der Waals surface area contributed by atoms with Crippen LogP contribution in [-0.2, 0) is 13.0 Å². The molecule has 1 heterocycles. The Labute approximate surface area is 117 Å². The minimum absolute atomic E-state index is 0.205. The maximum absolute atomic E-state index is 13.8. The van der Waals surface area contributed by atoms with E-state index in [0.717, 1.165) is 23.7 Å². The molecule has 1 N–H and O–H groups in total. The van der Waals surface area contributed by atoms with Crippen molar-refractivity contribution >= 4 is 11.3 Å². The van der Waals surface area contributed by atoms with Gasteiger partial charge in [0.05, 0.1) is 5.69 Å². The predicted octanol–water partition coefficient (Wildman–Crippen LogP) is 3.87. The second-order valence-corrected chi connectivity index (χ2v) is 6.08. The van der Waals surface area contributed by atoms with Gasteiger partial charge in [-0.1, -0.05) is 26.0 Å². The molecule has 19 heavy (non-hydrogen) atoms. The summed E-state index contributed by atoms with van der Waals surface area (Å²) in [5.74, 6) is 0.342. The quantitative estimate of drug-likeness (QED) is 0.898. The highest BCUT2D eigenvalue weighted by Crippen LogP contribution is 2.30. The molecule has 0 saturated carbocycles. The maximum atomic E-state index is 13.8. The van der Waals surface area contributed by atoms with Crippen molar-refractivity contribution < 1.29 is 4.39 Å². The minimum atomic E-state index is -0.205. The Kier molecular flexibility index (Phi) is 4.66. The van der Waals surface area contributed by atoms with Crippen LogP contribution in [0.2, 0.25) is 0 Å². The molecule has 102 valence electrons. The molecular formula is C15H19FN2S. The molecule has 0 aliphatic carbocycles. The van der Waals surface area contributed by atoms with Gasteiger partial charge in [-0.25, -0.2) is 9.37 Å². The average Bonchev–Trinajstić information content (AvgIpc) is 2.72. The number of nitrogens with one attached hydrogen (secondary N) is 1. The molecule has 0 radical (unpaired) electrons. The second-order valence-electron chi connectivity index (χ2n) is 5.00. The minimum Gasteiger partial charge on any atom is -0.315 e. The summed E-state index contributed by atoms with van der Waals surface area (Å²) in [5, 5.41) is 3.93. The van der Waals surface area contributed by atoms with E-state index in [-0.39, 0.29) is 5.82 Å². The fourth-order valence-electron chi connectivity index (χ4n) is 1.98. The standard InChI is InChI=1S/C15H19FN2S/c1-10(2)8-13-14(9-17-3)19-15(18-13)11-6-4-5-7-12(11)16/h4-7,10,17H,8-9H2,1-3H3. The van der Waals surface area contributed by atoms with E-state index in [2.05, 4.69) is 24.1 Å². The van der Waals surface area contributed by atoms with Gasteiger partial charge in [0.15, 0.2) is 0 Å². The van der Waals surface area contributed by atoms with E-state index in [1.54, 1.807) is 23.5 Å². The zero-order valence-electron chi connectivity index (χ0n) is 11.5. The molecule has 2 rings (SSSR count). The van der Waals surface area contributed by atoms with E-state index in [0.29, 0.717) is 11.5 Å². The summed E-state index contributed by atoms with van der Waals surface area (Å²) in [6.07, 6.45) is 0.933. The molecule has 0 aliphatic rings. The third-order valence-electron chi connectivity index (χ3n) is 2.82. The number of nitrogens with zero attached hydrogens (tertiary/aromatic N) is 1. The van der Waals surface area contributed by atoms with Crippen LogP contribution < -0.4 is 5.32 Å². The van der Waals surface area contributed by atoms with Crippen molar-refractivity contribution in [3.05, 3.63) is 40.7 Å². The Morgan fingerprint density at radius 1 is 1.32 bits per heavy atom. The first-order valence-electron chi connectivity index (χ1n) is 6.50. The zero-order chi connectivity index (χ0) is 13.8. The molecule has 0 fully saturated rings.